The van der Waals surface area contributed by atoms with Gasteiger partial charge in [0.2, 0.25) is 5.91 Å². The van der Waals surface area contributed by atoms with Gasteiger partial charge in [-0.25, -0.2) is 14.5 Å². The smallest absolute Gasteiger partial charge is 0.422 e. The van der Waals surface area contributed by atoms with Gasteiger partial charge in [-0.1, -0.05) is 0 Å². The molecule has 0 bridgehead atoms. The van der Waals surface area contributed by atoms with E-state index in [2.05, 4.69) is 16.2 Å². The summed E-state index contributed by atoms with van der Waals surface area (Å²) in [5, 5.41) is 11.0. The Morgan fingerprint density at radius 2 is 2.05 bits per heavy atom. The van der Waals surface area contributed by atoms with Crippen molar-refractivity contribution in [2.75, 3.05) is 26.7 Å². The van der Waals surface area contributed by atoms with Crippen LogP contribution in [0.3, 0.4) is 0 Å². The molecule has 11 heteroatoms. The molecule has 0 aromatic rings. The summed E-state index contributed by atoms with van der Waals surface area (Å²) in [5.74, 6) is -1.16. The van der Waals surface area contributed by atoms with Crippen molar-refractivity contribution in [3.05, 3.63) is 0 Å². The van der Waals surface area contributed by atoms with Crippen molar-refractivity contribution in [2.45, 2.75) is 19.8 Å². The number of rotatable bonds is 11. The summed E-state index contributed by atoms with van der Waals surface area (Å²) >= 11 is 0.745. The van der Waals surface area contributed by atoms with Gasteiger partial charge >= 0.3 is 12.1 Å². The quantitative estimate of drug-likeness (QED) is 0.174. The fourth-order valence-corrected chi connectivity index (χ4v) is 1.34. The highest BCUT2D eigenvalue weighted by Gasteiger charge is 2.08. The monoisotopic (exact) mass is 324 g/mol. The summed E-state index contributed by atoms with van der Waals surface area (Å²) in [6.07, 6.45) is -0.558. The number of nitrogens with one attached hydrogen (secondary N) is 3. The number of nitrogens with zero attached hydrogens (tertiary/aromatic N) is 1. The molecule has 4 N–H and O–H groups in total. The number of ether oxygens (including phenoxy) is 1. The average Bonchev–Trinajstić information content (AvgIpc) is 2.40. The number of hydrogen-bond acceptors (Lipinski definition) is 8. The normalized spacial score (nSPS) is 10.2. The molecule has 0 aromatic carbocycles. The predicted molar refractivity (Wildman–Crippen MR) is 74.5 cm³/mol. The zero-order valence-electron chi connectivity index (χ0n) is 11.9. The van der Waals surface area contributed by atoms with Gasteiger partial charge in [-0.05, 0) is 13.3 Å². The van der Waals surface area contributed by atoms with Gasteiger partial charge in [-0.2, -0.15) is 5.48 Å². The fraction of sp³-hybridized carbons (Fsp3) is 0.700. The van der Waals surface area contributed by atoms with Crippen molar-refractivity contribution in [2.24, 2.45) is 0 Å². The first-order valence-electron chi connectivity index (χ1n) is 6.17. The number of carboxylic acid groups (broad SMARTS) is 1. The van der Waals surface area contributed by atoms with E-state index in [1.807, 2.05) is 0 Å². The van der Waals surface area contributed by atoms with E-state index >= 15 is 0 Å². The first kappa shape index (κ1) is 19.4. The van der Waals surface area contributed by atoms with Crippen LogP contribution in [0.15, 0.2) is 0 Å². The van der Waals surface area contributed by atoms with Crippen LogP contribution in [0.4, 0.5) is 4.79 Å². The van der Waals surface area contributed by atoms with Crippen LogP contribution in [-0.4, -0.2) is 54.2 Å². The lowest BCUT2D eigenvalue weighted by Gasteiger charge is -2.15. The highest BCUT2D eigenvalue weighted by Crippen LogP contribution is 2.02. The topological polar surface area (TPSA) is 129 Å². The zero-order valence-corrected chi connectivity index (χ0v) is 12.7. The lowest BCUT2D eigenvalue weighted by Crippen LogP contribution is -2.37. The molecule has 0 radical (unpaired) electrons. The number of aliphatic carboxylic acids is 1. The number of hydrogen-bond donors (Lipinski definition) is 4. The van der Waals surface area contributed by atoms with Gasteiger partial charge in [0, 0.05) is 20.0 Å². The maximum atomic E-state index is 11.2. The first-order valence-corrected chi connectivity index (χ1v) is 6.87. The van der Waals surface area contributed by atoms with Gasteiger partial charge in [0.05, 0.1) is 6.61 Å². The standard InChI is InChI=1S/C10H20N4O6S/c1-3-11-8(15)7-12-20-21-14(2)13-10(18)19-6-4-5-9(16)17/h12H,3-7H2,1-2H3,(H,11,15)(H,13,18)(H,16,17). The Labute approximate surface area is 126 Å². The zero-order chi connectivity index (χ0) is 16.1. The molecule has 10 nitrogen and oxygen atoms in total. The third kappa shape index (κ3) is 13.2. The van der Waals surface area contributed by atoms with Gasteiger partial charge in [0.1, 0.15) is 18.8 Å². The molecule has 0 saturated carbocycles. The van der Waals surface area contributed by atoms with Gasteiger partial charge < -0.3 is 15.2 Å². The van der Waals surface area contributed by atoms with Gasteiger partial charge in [-0.15, -0.1) is 4.41 Å². The maximum absolute atomic E-state index is 11.2. The van der Waals surface area contributed by atoms with Crippen LogP contribution in [0.25, 0.3) is 0 Å². The van der Waals surface area contributed by atoms with Crippen molar-refractivity contribution in [1.82, 2.24) is 20.6 Å². The molecule has 122 valence electrons. The minimum absolute atomic E-state index is 0.00688. The molecule has 21 heavy (non-hydrogen) atoms. The van der Waals surface area contributed by atoms with Gasteiger partial charge in [0.25, 0.3) is 0 Å². The van der Waals surface area contributed by atoms with Crippen molar-refractivity contribution in [1.29, 1.82) is 0 Å². The van der Waals surface area contributed by atoms with Crippen LogP contribution < -0.4 is 16.2 Å². The third-order valence-electron chi connectivity index (χ3n) is 1.83. The minimum Gasteiger partial charge on any atom is -0.481 e. The van der Waals surface area contributed by atoms with Crippen molar-refractivity contribution < 1.29 is 28.5 Å². The van der Waals surface area contributed by atoms with E-state index in [1.165, 1.54) is 11.5 Å². The Morgan fingerprint density at radius 1 is 1.33 bits per heavy atom. The molecule has 0 rings (SSSR count). The molecule has 0 aliphatic rings. The second kappa shape index (κ2) is 12.2. The third-order valence-corrected chi connectivity index (χ3v) is 2.34. The molecule has 2 amide bonds. The first-order chi connectivity index (χ1) is 9.95. The predicted octanol–water partition coefficient (Wildman–Crippen LogP) is -0.355. The van der Waals surface area contributed by atoms with E-state index in [1.54, 1.807) is 6.92 Å². The molecule has 0 atom stereocenters. The number of hydroxylamine groups is 1. The molecule has 0 aliphatic heterocycles. The lowest BCUT2D eigenvalue weighted by molar-refractivity contribution is -0.137. The highest BCUT2D eigenvalue weighted by molar-refractivity contribution is 7.92. The summed E-state index contributed by atoms with van der Waals surface area (Å²) in [7, 11) is 1.50. The molecule has 0 fully saturated rings. The van der Waals surface area contributed by atoms with E-state index < -0.39 is 12.1 Å². The van der Waals surface area contributed by atoms with Crippen LogP contribution in [0.2, 0.25) is 0 Å². The van der Waals surface area contributed by atoms with Crippen molar-refractivity contribution >= 4 is 30.2 Å². The number of likely N-dealkylation sites (N-methyl/N-ethyl adjacent to an activating group) is 1. The number of amides is 2. The van der Waals surface area contributed by atoms with Crippen molar-refractivity contribution in [3.8, 4) is 0 Å². The molecule has 0 aliphatic carbocycles. The molecule has 0 saturated heterocycles. The molecule has 0 aromatic heterocycles. The summed E-state index contributed by atoms with van der Waals surface area (Å²) in [5.41, 5.74) is 4.69. The van der Waals surface area contributed by atoms with Crippen LogP contribution in [0.1, 0.15) is 19.8 Å². The Balaban J connectivity index is 3.55. The second-order valence-electron chi connectivity index (χ2n) is 3.67. The average molecular weight is 324 g/mol. The molecule has 0 unspecified atom stereocenters. The van der Waals surface area contributed by atoms with E-state index in [0.717, 1.165) is 12.2 Å². The molecule has 0 heterocycles. The second-order valence-corrected chi connectivity index (χ2v) is 4.54. The van der Waals surface area contributed by atoms with E-state index in [0.29, 0.717) is 6.54 Å². The van der Waals surface area contributed by atoms with Crippen LogP contribution in [-0.2, 0) is 18.6 Å². The summed E-state index contributed by atoms with van der Waals surface area (Å²) in [4.78, 5) is 32.5. The summed E-state index contributed by atoms with van der Waals surface area (Å²) in [6.45, 7) is 2.32. The fourth-order valence-electron chi connectivity index (χ4n) is 1.00. The maximum Gasteiger partial charge on any atom is 0.422 e. The lowest BCUT2D eigenvalue weighted by atomic mass is 10.3. The number of hydrazine groups is 1. The molecule has 0 spiro atoms. The Morgan fingerprint density at radius 3 is 2.67 bits per heavy atom. The SMILES string of the molecule is CCNC(=O)CNOSN(C)NC(=O)OCCCC(=O)O. The Kier molecular flexibility index (Phi) is 11.3. The van der Waals surface area contributed by atoms with E-state index in [-0.39, 0.29) is 31.9 Å². The Hall–Kier alpha value is -1.56. The van der Waals surface area contributed by atoms with E-state index in [9.17, 15) is 14.4 Å². The van der Waals surface area contributed by atoms with Crippen LogP contribution in [0, 0.1) is 0 Å². The van der Waals surface area contributed by atoms with Gasteiger partial charge in [-0.3, -0.25) is 9.59 Å². The number of carbonyl (C=O) groups is 3. The van der Waals surface area contributed by atoms with Crippen LogP contribution >= 0.6 is 12.2 Å². The number of carbonyl (C=O) groups excluding carboxylic acids is 2. The molecular weight excluding hydrogens is 304 g/mol. The summed E-state index contributed by atoms with van der Waals surface area (Å²) in [6, 6.07) is 0. The van der Waals surface area contributed by atoms with Gasteiger partial charge in [0.15, 0.2) is 0 Å². The van der Waals surface area contributed by atoms with E-state index in [4.69, 9.17) is 14.1 Å². The molecular formula is C10H20N4O6S. The number of carboxylic acids is 1. The largest absolute Gasteiger partial charge is 0.481 e. The Bertz CT molecular complexity index is 344. The van der Waals surface area contributed by atoms with Crippen molar-refractivity contribution in [3.63, 3.8) is 0 Å². The van der Waals surface area contributed by atoms with Crippen LogP contribution in [0.5, 0.6) is 0 Å². The highest BCUT2D eigenvalue weighted by atomic mass is 32.2. The minimum atomic E-state index is -0.946. The summed E-state index contributed by atoms with van der Waals surface area (Å²) < 4.78 is 10.8.